The van der Waals surface area contributed by atoms with Gasteiger partial charge in [0.25, 0.3) is 0 Å². The van der Waals surface area contributed by atoms with Gasteiger partial charge in [0.05, 0.1) is 15.3 Å². The third-order valence-corrected chi connectivity index (χ3v) is 4.01. The minimum absolute atomic E-state index is 0.0513. The molecule has 0 bridgehead atoms. The molecule has 2 nitrogen and oxygen atoms in total. The molecule has 1 aromatic rings. The molecule has 0 amide bonds. The summed E-state index contributed by atoms with van der Waals surface area (Å²) in [4.78, 5) is 15.3. The number of hydrogen-bond acceptors (Lipinski definition) is 3. The van der Waals surface area contributed by atoms with Crippen LogP contribution in [0, 0.1) is 0 Å². The molecule has 0 aliphatic carbocycles. The van der Waals surface area contributed by atoms with Gasteiger partial charge in [0.2, 0.25) is 0 Å². The highest BCUT2D eigenvalue weighted by molar-refractivity contribution is 7.18. The van der Waals surface area contributed by atoms with Crippen LogP contribution in [0.25, 0.3) is 0 Å². The summed E-state index contributed by atoms with van der Waals surface area (Å²) in [6.07, 6.45) is 2.14. The first kappa shape index (κ1) is 14.7. The molecular formula is C13H20ClNOS. The number of nitrogens with zero attached hydrogens (tertiary/aromatic N) is 1. The fraction of sp³-hybridized carbons (Fsp3) is 0.615. The Labute approximate surface area is 113 Å². The van der Waals surface area contributed by atoms with Crippen molar-refractivity contribution in [1.29, 1.82) is 0 Å². The third kappa shape index (κ3) is 4.09. The van der Waals surface area contributed by atoms with Crippen LogP contribution in [-0.4, -0.2) is 29.8 Å². The average molecular weight is 274 g/mol. The highest BCUT2D eigenvalue weighted by atomic mass is 35.5. The van der Waals surface area contributed by atoms with Crippen molar-refractivity contribution in [3.05, 3.63) is 21.3 Å². The minimum Gasteiger partial charge on any atom is -0.293 e. The molecule has 0 aliphatic heterocycles. The molecule has 17 heavy (non-hydrogen) atoms. The van der Waals surface area contributed by atoms with Crippen LogP contribution in [0.5, 0.6) is 0 Å². The molecule has 1 unspecified atom stereocenters. The van der Waals surface area contributed by atoms with Crippen LogP contribution in [0.1, 0.15) is 43.3 Å². The van der Waals surface area contributed by atoms with E-state index in [9.17, 15) is 4.79 Å². The van der Waals surface area contributed by atoms with Gasteiger partial charge in [-0.15, -0.1) is 11.3 Å². The molecule has 0 spiro atoms. The van der Waals surface area contributed by atoms with E-state index in [0.29, 0.717) is 4.34 Å². The van der Waals surface area contributed by atoms with Gasteiger partial charge < -0.3 is 0 Å². The van der Waals surface area contributed by atoms with Crippen LogP contribution in [-0.2, 0) is 0 Å². The zero-order valence-electron chi connectivity index (χ0n) is 10.7. The fourth-order valence-electron chi connectivity index (χ4n) is 1.89. The monoisotopic (exact) mass is 273 g/mol. The van der Waals surface area contributed by atoms with Crippen LogP contribution >= 0.6 is 22.9 Å². The van der Waals surface area contributed by atoms with E-state index in [4.69, 9.17) is 11.6 Å². The van der Waals surface area contributed by atoms with E-state index < -0.39 is 0 Å². The summed E-state index contributed by atoms with van der Waals surface area (Å²) in [5.74, 6) is 0.184. The second-order valence-electron chi connectivity index (χ2n) is 4.18. The maximum absolute atomic E-state index is 12.3. The van der Waals surface area contributed by atoms with E-state index in [1.807, 2.05) is 13.0 Å². The lowest BCUT2D eigenvalue weighted by Gasteiger charge is -2.26. The molecule has 1 heterocycles. The summed E-state index contributed by atoms with van der Waals surface area (Å²) in [7, 11) is 0. The zero-order chi connectivity index (χ0) is 12.8. The summed E-state index contributed by atoms with van der Waals surface area (Å²) < 4.78 is 0.679. The Morgan fingerprint density at radius 2 is 1.94 bits per heavy atom. The number of carbonyl (C=O) groups excluding carboxylic acids is 1. The van der Waals surface area contributed by atoms with E-state index in [-0.39, 0.29) is 11.8 Å². The second-order valence-corrected chi connectivity index (χ2v) is 5.90. The Morgan fingerprint density at radius 3 is 2.35 bits per heavy atom. The maximum atomic E-state index is 12.3. The standard InChI is InChI=1S/C13H20ClNOS/c1-4-8-15(9-5-2)10(3)13(16)11-6-7-12(14)17-11/h6-7,10H,4-5,8-9H2,1-3H3. The minimum atomic E-state index is -0.0513. The number of ketones is 1. The summed E-state index contributed by atoms with van der Waals surface area (Å²) in [6, 6.07) is 3.56. The van der Waals surface area contributed by atoms with E-state index in [0.717, 1.165) is 30.8 Å². The molecule has 0 radical (unpaired) electrons. The Bertz CT molecular complexity index is 358. The molecule has 0 saturated heterocycles. The van der Waals surface area contributed by atoms with Gasteiger partial charge in [-0.3, -0.25) is 9.69 Å². The van der Waals surface area contributed by atoms with Gasteiger partial charge in [0.15, 0.2) is 5.78 Å². The van der Waals surface area contributed by atoms with Crippen LogP contribution in [0.15, 0.2) is 12.1 Å². The average Bonchev–Trinajstić information content (AvgIpc) is 2.73. The second kappa shape index (κ2) is 7.14. The summed E-state index contributed by atoms with van der Waals surface area (Å²) in [5, 5.41) is 0. The van der Waals surface area contributed by atoms with Crippen molar-refractivity contribution in [2.24, 2.45) is 0 Å². The summed E-state index contributed by atoms with van der Waals surface area (Å²) in [6.45, 7) is 8.21. The normalized spacial score (nSPS) is 13.0. The Kier molecular flexibility index (Phi) is 6.17. The van der Waals surface area contributed by atoms with Gasteiger partial charge in [-0.25, -0.2) is 0 Å². The van der Waals surface area contributed by atoms with Crippen molar-refractivity contribution in [2.45, 2.75) is 39.7 Å². The summed E-state index contributed by atoms with van der Waals surface area (Å²) in [5.41, 5.74) is 0. The van der Waals surface area contributed by atoms with E-state index in [1.165, 1.54) is 11.3 Å². The molecule has 0 aliphatic rings. The first-order valence-electron chi connectivity index (χ1n) is 6.13. The molecule has 1 aromatic heterocycles. The van der Waals surface area contributed by atoms with Crippen molar-refractivity contribution in [3.8, 4) is 0 Å². The number of carbonyl (C=O) groups is 1. The molecule has 4 heteroatoms. The SMILES string of the molecule is CCCN(CCC)C(C)C(=O)c1ccc(Cl)s1. The molecule has 0 aromatic carbocycles. The molecular weight excluding hydrogens is 254 g/mol. The Morgan fingerprint density at radius 1 is 1.35 bits per heavy atom. The molecule has 0 N–H and O–H groups in total. The van der Waals surface area contributed by atoms with Crippen molar-refractivity contribution in [3.63, 3.8) is 0 Å². The molecule has 1 atom stereocenters. The number of rotatable bonds is 7. The van der Waals surface area contributed by atoms with Gasteiger partial charge in [0, 0.05) is 0 Å². The van der Waals surface area contributed by atoms with Crippen LogP contribution in [0.2, 0.25) is 4.34 Å². The number of thiophene rings is 1. The van der Waals surface area contributed by atoms with Gasteiger partial charge in [-0.1, -0.05) is 25.4 Å². The Hall–Kier alpha value is -0.380. The van der Waals surface area contributed by atoms with Crippen LogP contribution in [0.4, 0.5) is 0 Å². The first-order valence-corrected chi connectivity index (χ1v) is 7.33. The van der Waals surface area contributed by atoms with Crippen LogP contribution < -0.4 is 0 Å². The van der Waals surface area contributed by atoms with Gasteiger partial charge in [0.1, 0.15) is 0 Å². The van der Waals surface area contributed by atoms with E-state index in [1.54, 1.807) is 6.07 Å². The fourth-order valence-corrected chi connectivity index (χ4v) is 2.96. The molecule has 0 saturated carbocycles. The lowest BCUT2D eigenvalue weighted by atomic mass is 10.1. The number of Topliss-reactive ketones (excluding diaryl/α,β-unsaturated/α-hetero) is 1. The van der Waals surface area contributed by atoms with Crippen molar-refractivity contribution >= 4 is 28.7 Å². The highest BCUT2D eigenvalue weighted by Gasteiger charge is 2.22. The molecule has 96 valence electrons. The van der Waals surface area contributed by atoms with Crippen molar-refractivity contribution in [2.75, 3.05) is 13.1 Å². The first-order chi connectivity index (χ1) is 8.10. The topological polar surface area (TPSA) is 20.3 Å². The zero-order valence-corrected chi connectivity index (χ0v) is 12.3. The quantitative estimate of drug-likeness (QED) is 0.697. The van der Waals surface area contributed by atoms with Crippen LogP contribution in [0.3, 0.4) is 0 Å². The smallest absolute Gasteiger partial charge is 0.189 e. The van der Waals surface area contributed by atoms with Gasteiger partial charge in [-0.2, -0.15) is 0 Å². The predicted molar refractivity (Wildman–Crippen MR) is 75.3 cm³/mol. The maximum Gasteiger partial charge on any atom is 0.189 e. The highest BCUT2D eigenvalue weighted by Crippen LogP contribution is 2.23. The third-order valence-electron chi connectivity index (χ3n) is 2.76. The van der Waals surface area contributed by atoms with Crippen molar-refractivity contribution < 1.29 is 4.79 Å². The summed E-state index contributed by atoms with van der Waals surface area (Å²) >= 11 is 7.23. The predicted octanol–water partition coefficient (Wildman–Crippen LogP) is 4.09. The van der Waals surface area contributed by atoms with E-state index in [2.05, 4.69) is 18.7 Å². The lowest BCUT2D eigenvalue weighted by molar-refractivity contribution is 0.0842. The van der Waals surface area contributed by atoms with Gasteiger partial charge in [-0.05, 0) is 45.0 Å². The largest absolute Gasteiger partial charge is 0.293 e. The van der Waals surface area contributed by atoms with Gasteiger partial charge >= 0.3 is 0 Å². The van der Waals surface area contributed by atoms with Crippen molar-refractivity contribution in [1.82, 2.24) is 4.90 Å². The molecule has 0 fully saturated rings. The molecule has 1 rings (SSSR count). The number of halogens is 1. The number of hydrogen-bond donors (Lipinski definition) is 0. The van der Waals surface area contributed by atoms with E-state index >= 15 is 0 Å². The Balaban J connectivity index is 2.72. The lowest BCUT2D eigenvalue weighted by Crippen LogP contribution is -2.39.